The summed E-state index contributed by atoms with van der Waals surface area (Å²) in [5, 5.41) is 6.08. The third-order valence-electron chi connectivity index (χ3n) is 4.67. The van der Waals surface area contributed by atoms with Gasteiger partial charge in [0.1, 0.15) is 0 Å². The first-order valence-electron chi connectivity index (χ1n) is 9.27. The molecule has 0 bridgehead atoms. The molecule has 2 aliphatic rings. The number of amidine groups is 1. The smallest absolute Gasteiger partial charge is 0.243 e. The zero-order valence-corrected chi connectivity index (χ0v) is 16.3. The minimum Gasteiger partial charge on any atom is -0.346 e. The Balaban J connectivity index is 1.50. The number of hydrogen-bond acceptors (Lipinski definition) is 7. The van der Waals surface area contributed by atoms with E-state index in [1.165, 1.54) is 11.8 Å². The minimum absolute atomic E-state index is 0.00379. The number of amides is 1. The molecule has 1 aromatic heterocycles. The predicted molar refractivity (Wildman–Crippen MR) is 114 cm³/mol. The van der Waals surface area contributed by atoms with E-state index in [0.717, 1.165) is 22.2 Å². The molecule has 0 saturated carbocycles. The zero-order valence-electron chi connectivity index (χ0n) is 15.4. The van der Waals surface area contributed by atoms with Gasteiger partial charge in [-0.3, -0.25) is 15.1 Å². The lowest BCUT2D eigenvalue weighted by molar-refractivity contribution is -0.115. The highest BCUT2D eigenvalue weighted by Gasteiger charge is 2.30. The Bertz CT molecular complexity index is 1080. The summed E-state index contributed by atoms with van der Waals surface area (Å²) < 4.78 is 11.4. The number of para-hydroxylation sites is 2. The second-order valence-corrected chi connectivity index (χ2v) is 7.49. The van der Waals surface area contributed by atoms with E-state index in [9.17, 15) is 4.79 Å². The SMILES string of the molecule is O=C1CS/C(=N\Nc2nc3ccccc3cc2C2OCCO2)N1c1ccccc1. The van der Waals surface area contributed by atoms with E-state index in [1.54, 1.807) is 4.90 Å². The van der Waals surface area contributed by atoms with Gasteiger partial charge in [-0.15, -0.1) is 5.10 Å². The number of hydrazone groups is 1. The molecule has 0 radical (unpaired) electrons. The van der Waals surface area contributed by atoms with Crippen LogP contribution in [0.3, 0.4) is 0 Å². The summed E-state index contributed by atoms with van der Waals surface area (Å²) >= 11 is 1.39. The molecule has 0 atom stereocenters. The highest BCUT2D eigenvalue weighted by molar-refractivity contribution is 8.15. The van der Waals surface area contributed by atoms with Crippen LogP contribution in [0, 0.1) is 0 Å². The number of fused-ring (bicyclic) bond motifs is 1. The molecule has 146 valence electrons. The van der Waals surface area contributed by atoms with Crippen LogP contribution in [-0.2, 0) is 14.3 Å². The number of pyridine rings is 1. The summed E-state index contributed by atoms with van der Waals surface area (Å²) in [6.07, 6.45) is -0.488. The van der Waals surface area contributed by atoms with Crippen molar-refractivity contribution in [2.75, 3.05) is 29.3 Å². The van der Waals surface area contributed by atoms with Gasteiger partial charge in [0.05, 0.1) is 35.7 Å². The van der Waals surface area contributed by atoms with E-state index in [0.29, 0.717) is 30.0 Å². The molecule has 5 rings (SSSR count). The van der Waals surface area contributed by atoms with Crippen LogP contribution in [0.5, 0.6) is 0 Å². The molecular formula is C21H18N4O3S. The van der Waals surface area contributed by atoms with Crippen LogP contribution in [0.2, 0.25) is 0 Å². The molecule has 7 nitrogen and oxygen atoms in total. The number of anilines is 2. The fraction of sp³-hybridized carbons (Fsp3) is 0.190. The van der Waals surface area contributed by atoms with Gasteiger partial charge in [-0.2, -0.15) is 0 Å². The van der Waals surface area contributed by atoms with E-state index < -0.39 is 6.29 Å². The molecule has 3 heterocycles. The summed E-state index contributed by atoms with van der Waals surface area (Å²) in [5.41, 5.74) is 5.46. The molecule has 29 heavy (non-hydrogen) atoms. The Hall–Kier alpha value is -2.94. The molecule has 2 fully saturated rings. The number of rotatable bonds is 4. The highest BCUT2D eigenvalue weighted by atomic mass is 32.2. The average Bonchev–Trinajstić information content (AvgIpc) is 3.42. The molecule has 8 heteroatoms. The number of carbonyl (C=O) groups excluding carboxylic acids is 1. The van der Waals surface area contributed by atoms with Gasteiger partial charge >= 0.3 is 0 Å². The van der Waals surface area contributed by atoms with Gasteiger partial charge in [0.2, 0.25) is 5.91 Å². The van der Waals surface area contributed by atoms with Crippen LogP contribution in [0.4, 0.5) is 11.5 Å². The number of thioether (sulfide) groups is 1. The standard InChI is InChI=1S/C21H18N4O3S/c26-18-13-29-21(25(18)15-7-2-1-3-8-15)24-23-19-16(20-27-10-11-28-20)12-14-6-4-5-9-17(14)22-19/h1-9,12,20H,10-11,13H2,(H,22,23)/b24-21-. The maximum absolute atomic E-state index is 12.4. The zero-order chi connectivity index (χ0) is 19.6. The molecule has 0 unspecified atom stereocenters. The maximum atomic E-state index is 12.4. The van der Waals surface area contributed by atoms with E-state index in [4.69, 9.17) is 14.5 Å². The van der Waals surface area contributed by atoms with Crippen LogP contribution < -0.4 is 10.3 Å². The molecule has 0 aliphatic carbocycles. The molecule has 2 saturated heterocycles. The average molecular weight is 406 g/mol. The topological polar surface area (TPSA) is 76.0 Å². The van der Waals surface area contributed by atoms with E-state index in [1.807, 2.05) is 60.7 Å². The van der Waals surface area contributed by atoms with E-state index in [-0.39, 0.29) is 5.91 Å². The Morgan fingerprint density at radius 3 is 2.66 bits per heavy atom. The number of ether oxygens (including phenoxy) is 2. The summed E-state index contributed by atoms with van der Waals surface area (Å²) in [6, 6.07) is 19.3. The summed E-state index contributed by atoms with van der Waals surface area (Å²) in [5.74, 6) is 0.898. The van der Waals surface area contributed by atoms with Crippen molar-refractivity contribution in [2.45, 2.75) is 6.29 Å². The van der Waals surface area contributed by atoms with Crippen LogP contribution >= 0.6 is 11.8 Å². The van der Waals surface area contributed by atoms with Gasteiger partial charge in [0.25, 0.3) is 0 Å². The number of hydrogen-bond donors (Lipinski definition) is 1. The van der Waals surface area contributed by atoms with Crippen molar-refractivity contribution in [2.24, 2.45) is 5.10 Å². The Kier molecular flexibility index (Phi) is 4.89. The van der Waals surface area contributed by atoms with Crippen molar-refractivity contribution in [3.05, 3.63) is 66.2 Å². The lowest BCUT2D eigenvalue weighted by Crippen LogP contribution is -2.29. The van der Waals surface area contributed by atoms with Crippen molar-refractivity contribution >= 4 is 45.2 Å². The third-order valence-corrected chi connectivity index (χ3v) is 5.59. The molecule has 2 aromatic carbocycles. The molecule has 1 amide bonds. The van der Waals surface area contributed by atoms with Crippen LogP contribution in [0.15, 0.2) is 65.8 Å². The first-order valence-corrected chi connectivity index (χ1v) is 10.3. The van der Waals surface area contributed by atoms with E-state index in [2.05, 4.69) is 10.5 Å². The van der Waals surface area contributed by atoms with Gasteiger partial charge in [-0.05, 0) is 24.3 Å². The summed E-state index contributed by atoms with van der Waals surface area (Å²) in [4.78, 5) is 18.7. The van der Waals surface area contributed by atoms with Crippen molar-refractivity contribution in [3.63, 3.8) is 0 Å². The fourth-order valence-corrected chi connectivity index (χ4v) is 4.14. The monoisotopic (exact) mass is 406 g/mol. The second kappa shape index (κ2) is 7.82. The molecule has 0 spiro atoms. The van der Waals surface area contributed by atoms with Gasteiger partial charge in [-0.1, -0.05) is 48.2 Å². The number of benzene rings is 2. The minimum atomic E-state index is -0.488. The normalized spacial score (nSPS) is 18.8. The summed E-state index contributed by atoms with van der Waals surface area (Å²) in [6.45, 7) is 1.08. The molecule has 1 N–H and O–H groups in total. The Morgan fingerprint density at radius 1 is 1.07 bits per heavy atom. The summed E-state index contributed by atoms with van der Waals surface area (Å²) in [7, 11) is 0. The lowest BCUT2D eigenvalue weighted by atomic mass is 10.1. The largest absolute Gasteiger partial charge is 0.346 e. The van der Waals surface area contributed by atoms with Gasteiger partial charge in [-0.25, -0.2) is 4.98 Å². The fourth-order valence-electron chi connectivity index (χ4n) is 3.32. The van der Waals surface area contributed by atoms with Crippen molar-refractivity contribution in [1.82, 2.24) is 4.98 Å². The van der Waals surface area contributed by atoms with Crippen LogP contribution in [0.25, 0.3) is 10.9 Å². The van der Waals surface area contributed by atoms with Crippen molar-refractivity contribution < 1.29 is 14.3 Å². The number of carbonyl (C=O) groups is 1. The Labute approximate surface area is 171 Å². The van der Waals surface area contributed by atoms with Gasteiger partial charge in [0.15, 0.2) is 17.3 Å². The van der Waals surface area contributed by atoms with Crippen molar-refractivity contribution in [3.8, 4) is 0 Å². The van der Waals surface area contributed by atoms with Gasteiger partial charge < -0.3 is 9.47 Å². The second-order valence-electron chi connectivity index (χ2n) is 6.55. The first kappa shape index (κ1) is 18.1. The van der Waals surface area contributed by atoms with Crippen LogP contribution in [-0.4, -0.2) is 35.0 Å². The number of nitrogens with one attached hydrogen (secondary N) is 1. The molecular weight excluding hydrogens is 388 g/mol. The highest BCUT2D eigenvalue weighted by Crippen LogP contribution is 2.32. The molecule has 2 aliphatic heterocycles. The maximum Gasteiger partial charge on any atom is 0.243 e. The Morgan fingerprint density at radius 2 is 1.83 bits per heavy atom. The predicted octanol–water partition coefficient (Wildman–Crippen LogP) is 3.74. The van der Waals surface area contributed by atoms with Gasteiger partial charge in [0, 0.05) is 5.39 Å². The van der Waals surface area contributed by atoms with Crippen molar-refractivity contribution in [1.29, 1.82) is 0 Å². The molecule has 3 aromatic rings. The third kappa shape index (κ3) is 3.57. The number of nitrogens with zero attached hydrogens (tertiary/aromatic N) is 3. The first-order chi connectivity index (χ1) is 14.3. The number of aromatic nitrogens is 1. The quantitative estimate of drug-likeness (QED) is 0.665. The lowest BCUT2D eigenvalue weighted by Gasteiger charge is -2.17. The van der Waals surface area contributed by atoms with Crippen LogP contribution in [0.1, 0.15) is 11.9 Å². The van der Waals surface area contributed by atoms with E-state index >= 15 is 0 Å².